The van der Waals surface area contributed by atoms with Crippen molar-refractivity contribution in [3.8, 4) is 0 Å². The van der Waals surface area contributed by atoms with Crippen LogP contribution in [0.3, 0.4) is 0 Å². The van der Waals surface area contributed by atoms with Crippen molar-refractivity contribution in [1.29, 1.82) is 10.8 Å². The minimum Gasteiger partial charge on any atom is -0.546 e. The summed E-state index contributed by atoms with van der Waals surface area (Å²) < 4.78 is 33.3. The van der Waals surface area contributed by atoms with Gasteiger partial charge in [-0.25, -0.2) is 0 Å². The molecule has 0 radical (unpaired) electrons. The topological polar surface area (TPSA) is 238 Å². The second kappa shape index (κ2) is 13.1. The zero-order chi connectivity index (χ0) is 26.4. The van der Waals surface area contributed by atoms with Crippen molar-refractivity contribution in [2.45, 2.75) is 17.7 Å². The van der Waals surface area contributed by atoms with Gasteiger partial charge in [-0.15, -0.1) is 0 Å². The fourth-order valence-corrected chi connectivity index (χ4v) is 4.83. The van der Waals surface area contributed by atoms with Crippen molar-refractivity contribution in [2.24, 2.45) is 0 Å². The van der Waals surface area contributed by atoms with Crippen LogP contribution in [0.15, 0.2) is 30.3 Å². The van der Waals surface area contributed by atoms with Crippen LogP contribution in [0, 0.1) is 10.8 Å². The molecule has 1 aromatic carbocycles. The SMILES string of the molecule is N=C1CCC(=N)[C@](C(=O)[O-])(S(=O)(=O)O)N1C(=O)CNC(=O)CNC(=O)CSC(=O)c1ccccc1.[Na+]. The van der Waals surface area contributed by atoms with E-state index >= 15 is 0 Å². The molecule has 17 heteroatoms. The van der Waals surface area contributed by atoms with Gasteiger partial charge in [-0.2, -0.15) is 8.42 Å². The second-order valence-corrected chi connectivity index (χ2v) is 9.55. The summed E-state index contributed by atoms with van der Waals surface area (Å²) in [5.74, 6) is -6.66. The zero-order valence-corrected chi connectivity index (χ0v) is 22.5. The Bertz CT molecular complexity index is 1190. The number of carboxylic acids is 1. The number of aliphatic carboxylic acids is 1. The average molecular weight is 550 g/mol. The van der Waals surface area contributed by atoms with Crippen LogP contribution in [0.5, 0.6) is 0 Å². The quantitative estimate of drug-likeness (QED) is 0.145. The van der Waals surface area contributed by atoms with Crippen molar-refractivity contribution in [3.63, 3.8) is 0 Å². The maximum absolute atomic E-state index is 12.6. The molecule has 14 nitrogen and oxygen atoms in total. The van der Waals surface area contributed by atoms with Crippen LogP contribution in [0.2, 0.25) is 0 Å². The first-order valence-corrected chi connectivity index (χ1v) is 12.2. The number of rotatable bonds is 9. The molecule has 5 N–H and O–H groups in total. The smallest absolute Gasteiger partial charge is 0.546 e. The molecule has 0 spiro atoms. The molecule has 36 heavy (non-hydrogen) atoms. The maximum Gasteiger partial charge on any atom is 1.00 e. The number of nitrogens with one attached hydrogen (secondary N) is 4. The average Bonchev–Trinajstić information content (AvgIpc) is 2.80. The van der Waals surface area contributed by atoms with Crippen molar-refractivity contribution in [1.82, 2.24) is 15.5 Å². The third-order valence-electron chi connectivity index (χ3n) is 4.73. The van der Waals surface area contributed by atoms with E-state index in [9.17, 15) is 42.0 Å². The zero-order valence-electron chi connectivity index (χ0n) is 18.9. The molecule has 0 aromatic heterocycles. The van der Waals surface area contributed by atoms with Crippen LogP contribution in [-0.2, 0) is 29.3 Å². The summed E-state index contributed by atoms with van der Waals surface area (Å²) in [5.41, 5.74) is -0.707. The van der Waals surface area contributed by atoms with Gasteiger partial charge in [-0.1, -0.05) is 42.1 Å². The number of nitrogens with zero attached hydrogens (tertiary/aromatic N) is 1. The number of benzene rings is 1. The van der Waals surface area contributed by atoms with Gasteiger partial charge in [-0.05, 0) is 6.42 Å². The van der Waals surface area contributed by atoms with E-state index in [0.717, 1.165) is 0 Å². The molecule has 1 atom stereocenters. The van der Waals surface area contributed by atoms with Crippen LogP contribution in [0.25, 0.3) is 0 Å². The van der Waals surface area contributed by atoms with E-state index in [4.69, 9.17) is 10.8 Å². The van der Waals surface area contributed by atoms with Gasteiger partial charge in [0.15, 0.2) is 0 Å². The van der Waals surface area contributed by atoms with Gasteiger partial charge >= 0.3 is 39.7 Å². The molecule has 0 bridgehead atoms. The fourth-order valence-electron chi connectivity index (χ4n) is 3.10. The summed E-state index contributed by atoms with van der Waals surface area (Å²) >= 11 is 0.702. The van der Waals surface area contributed by atoms with Crippen LogP contribution in [-0.4, -0.2) is 81.9 Å². The Kier molecular flexibility index (Phi) is 11.4. The number of amidine groups is 1. The fraction of sp³-hybridized carbons (Fsp3) is 0.316. The number of amides is 3. The number of piperidine rings is 1. The van der Waals surface area contributed by atoms with Crippen molar-refractivity contribution >= 4 is 62.2 Å². The summed E-state index contributed by atoms with van der Waals surface area (Å²) in [6, 6.07) is 8.16. The molecule has 188 valence electrons. The Labute approximate surface area is 231 Å². The summed E-state index contributed by atoms with van der Waals surface area (Å²) in [4.78, 5) is 56.3. The molecule has 2 rings (SSSR count). The van der Waals surface area contributed by atoms with Crippen molar-refractivity contribution in [2.75, 3.05) is 18.8 Å². The van der Waals surface area contributed by atoms with Gasteiger partial charge in [-0.3, -0.25) is 34.0 Å². The van der Waals surface area contributed by atoms with Crippen LogP contribution in [0.4, 0.5) is 0 Å². The molecule has 0 aliphatic carbocycles. The number of likely N-dealkylation sites (tertiary alicyclic amines) is 1. The van der Waals surface area contributed by atoms with Gasteiger partial charge in [0.1, 0.15) is 5.84 Å². The van der Waals surface area contributed by atoms with E-state index in [0.29, 0.717) is 17.3 Å². The van der Waals surface area contributed by atoms with Gasteiger partial charge in [0.05, 0.1) is 30.5 Å². The van der Waals surface area contributed by atoms with E-state index in [2.05, 4.69) is 5.32 Å². The predicted molar refractivity (Wildman–Crippen MR) is 120 cm³/mol. The molecule has 1 heterocycles. The van der Waals surface area contributed by atoms with Crippen molar-refractivity contribution < 1.29 is 71.6 Å². The number of carbonyl (C=O) groups is 5. The predicted octanol–water partition coefficient (Wildman–Crippen LogP) is -5.25. The Morgan fingerprint density at radius 3 is 2.17 bits per heavy atom. The van der Waals surface area contributed by atoms with E-state index in [1.807, 2.05) is 5.32 Å². The number of carboxylic acid groups (broad SMARTS) is 1. The molecular weight excluding hydrogens is 529 g/mol. The standard InChI is InChI=1S/C19H21N5O9S2.Na/c20-12-6-7-13(21)24(19(12,18(29)30)35(31,32)33)16(27)9-23-14(25)8-22-15(26)10-34-17(28)11-4-2-1-3-5-11;/h1-5,20-21H,6-10H2,(H,22,26)(H,23,25)(H,29,30)(H,31,32,33);/q;+1/p-1/t19-;/m1./s1. The third-order valence-corrected chi connectivity index (χ3v) is 6.98. The normalized spacial score (nSPS) is 17.5. The number of thioether (sulfide) groups is 1. The Hall–Kier alpha value is -2.63. The molecule has 0 saturated carbocycles. The van der Waals surface area contributed by atoms with Gasteiger partial charge < -0.3 is 25.9 Å². The molecule has 0 unspecified atom stereocenters. The largest absolute Gasteiger partial charge is 1.00 e. The second-order valence-electron chi connectivity index (χ2n) is 7.06. The minimum atomic E-state index is -5.68. The first kappa shape index (κ1) is 31.4. The Balaban J connectivity index is 0.00000648. The van der Waals surface area contributed by atoms with Gasteiger partial charge in [0, 0.05) is 12.0 Å². The molecule has 3 amide bonds. The Morgan fingerprint density at radius 1 is 1.03 bits per heavy atom. The first-order chi connectivity index (χ1) is 16.3. The summed E-state index contributed by atoms with van der Waals surface area (Å²) in [6.07, 6.45) is -0.919. The van der Waals surface area contributed by atoms with E-state index in [1.54, 1.807) is 30.3 Å². The molecular formula is C19H20N5NaO9S2. The monoisotopic (exact) mass is 549 g/mol. The number of carbonyl (C=O) groups excluding carboxylic acids is 5. The summed E-state index contributed by atoms with van der Waals surface area (Å²) in [5, 5.41) is 31.1. The minimum absolute atomic E-state index is 0. The molecule has 1 saturated heterocycles. The van der Waals surface area contributed by atoms with E-state index in [-0.39, 0.29) is 51.7 Å². The van der Waals surface area contributed by atoms with Gasteiger partial charge in [0.25, 0.3) is 4.87 Å². The van der Waals surface area contributed by atoms with Crippen molar-refractivity contribution in [3.05, 3.63) is 35.9 Å². The molecule has 1 aliphatic rings. The number of hydrogen-bond acceptors (Lipinski definition) is 11. The number of hydrogen-bond donors (Lipinski definition) is 5. The molecule has 1 fully saturated rings. The molecule has 1 aliphatic heterocycles. The molecule has 1 aromatic rings. The van der Waals surface area contributed by atoms with Crippen LogP contribution in [0.1, 0.15) is 23.2 Å². The van der Waals surface area contributed by atoms with Crippen LogP contribution >= 0.6 is 11.8 Å². The maximum atomic E-state index is 12.6. The van der Waals surface area contributed by atoms with E-state index in [1.165, 1.54) is 0 Å². The van der Waals surface area contributed by atoms with E-state index < -0.39 is 69.7 Å². The van der Waals surface area contributed by atoms with Crippen LogP contribution < -0.4 is 45.3 Å². The third kappa shape index (κ3) is 6.98. The summed E-state index contributed by atoms with van der Waals surface area (Å²) in [7, 11) is -5.68. The first-order valence-electron chi connectivity index (χ1n) is 9.74. The summed E-state index contributed by atoms with van der Waals surface area (Å²) in [6.45, 7) is -1.65. The Morgan fingerprint density at radius 2 is 1.61 bits per heavy atom. The van der Waals surface area contributed by atoms with Gasteiger partial charge in [0.2, 0.25) is 22.8 Å².